The van der Waals surface area contributed by atoms with E-state index in [4.69, 9.17) is 0 Å². The molecule has 1 aromatic carbocycles. The Balaban J connectivity index is 2.58. The molecule has 0 fully saturated rings. The third-order valence-electron chi connectivity index (χ3n) is 3.84. The second kappa shape index (κ2) is 4.97. The topological polar surface area (TPSA) is 42.2 Å². The molecule has 0 saturated carbocycles. The number of rotatable bonds is 4. The molecule has 108 valence electrons. The lowest BCUT2D eigenvalue weighted by atomic mass is 9.86. The summed E-state index contributed by atoms with van der Waals surface area (Å²) in [6, 6.07) is 6.75. The highest BCUT2D eigenvalue weighted by Gasteiger charge is 2.29. The number of aromatic nitrogens is 1. The molecule has 1 heterocycles. The van der Waals surface area contributed by atoms with Gasteiger partial charge in [-0.3, -0.25) is 4.79 Å². The van der Waals surface area contributed by atoms with Gasteiger partial charge in [-0.15, -0.1) is 0 Å². The van der Waals surface area contributed by atoms with Crippen LogP contribution in [-0.2, 0) is 11.2 Å². The SMILES string of the molecule is Cc1ccc2c(c1)c(CC(C)(C)C(=O)O)cn2C(C)C. The predicted molar refractivity (Wildman–Crippen MR) is 82.2 cm³/mol. The Bertz CT molecular complexity index is 650. The first-order valence-electron chi connectivity index (χ1n) is 7.06. The van der Waals surface area contributed by atoms with E-state index in [1.807, 2.05) is 0 Å². The lowest BCUT2D eigenvalue weighted by Crippen LogP contribution is -2.26. The number of aliphatic carboxylic acids is 1. The maximum atomic E-state index is 11.4. The van der Waals surface area contributed by atoms with E-state index in [-0.39, 0.29) is 0 Å². The van der Waals surface area contributed by atoms with Crippen molar-refractivity contribution >= 4 is 16.9 Å². The Morgan fingerprint density at radius 2 is 2.00 bits per heavy atom. The predicted octanol–water partition coefficient (Wildman–Crippen LogP) is 4.18. The van der Waals surface area contributed by atoms with E-state index < -0.39 is 11.4 Å². The Labute approximate surface area is 120 Å². The number of aryl methyl sites for hydroxylation is 1. The summed E-state index contributed by atoms with van der Waals surface area (Å²) in [7, 11) is 0. The van der Waals surface area contributed by atoms with Gasteiger partial charge in [0, 0.05) is 23.1 Å². The van der Waals surface area contributed by atoms with E-state index in [1.54, 1.807) is 13.8 Å². The van der Waals surface area contributed by atoms with Crippen molar-refractivity contribution in [2.45, 2.75) is 47.1 Å². The van der Waals surface area contributed by atoms with Gasteiger partial charge in [0.05, 0.1) is 5.41 Å². The zero-order chi connectivity index (χ0) is 15.1. The zero-order valence-corrected chi connectivity index (χ0v) is 12.9. The highest BCUT2D eigenvalue weighted by Crippen LogP contribution is 2.31. The Morgan fingerprint density at radius 1 is 1.35 bits per heavy atom. The van der Waals surface area contributed by atoms with Gasteiger partial charge in [0.1, 0.15) is 0 Å². The molecule has 1 aromatic heterocycles. The van der Waals surface area contributed by atoms with E-state index in [2.05, 4.69) is 49.7 Å². The Morgan fingerprint density at radius 3 is 2.55 bits per heavy atom. The summed E-state index contributed by atoms with van der Waals surface area (Å²) < 4.78 is 2.22. The van der Waals surface area contributed by atoms with Crippen molar-refractivity contribution in [3.8, 4) is 0 Å². The van der Waals surface area contributed by atoms with Gasteiger partial charge in [-0.25, -0.2) is 0 Å². The molecular formula is C17H23NO2. The normalized spacial score (nSPS) is 12.3. The first-order valence-corrected chi connectivity index (χ1v) is 7.06. The lowest BCUT2D eigenvalue weighted by Gasteiger charge is -2.18. The molecule has 3 heteroatoms. The molecule has 0 bridgehead atoms. The molecule has 0 aliphatic carbocycles. The molecule has 2 aromatic rings. The zero-order valence-electron chi connectivity index (χ0n) is 12.9. The van der Waals surface area contributed by atoms with Crippen LogP contribution < -0.4 is 0 Å². The number of carboxylic acids is 1. The van der Waals surface area contributed by atoms with Gasteiger partial charge in [0.2, 0.25) is 0 Å². The van der Waals surface area contributed by atoms with Gasteiger partial charge in [-0.2, -0.15) is 0 Å². The minimum Gasteiger partial charge on any atom is -0.481 e. The molecule has 0 aliphatic heterocycles. The van der Waals surface area contributed by atoms with Crippen LogP contribution in [0.25, 0.3) is 10.9 Å². The number of fused-ring (bicyclic) bond motifs is 1. The number of carbonyl (C=O) groups is 1. The lowest BCUT2D eigenvalue weighted by molar-refractivity contribution is -0.146. The van der Waals surface area contributed by atoms with Crippen molar-refractivity contribution < 1.29 is 9.90 Å². The summed E-state index contributed by atoms with van der Waals surface area (Å²) in [5.74, 6) is -0.754. The van der Waals surface area contributed by atoms with Gasteiger partial charge >= 0.3 is 5.97 Å². The fourth-order valence-corrected chi connectivity index (χ4v) is 2.56. The van der Waals surface area contributed by atoms with Crippen molar-refractivity contribution in [1.29, 1.82) is 0 Å². The molecule has 20 heavy (non-hydrogen) atoms. The van der Waals surface area contributed by atoms with Gasteiger partial charge in [-0.1, -0.05) is 11.6 Å². The van der Waals surface area contributed by atoms with Crippen LogP contribution in [0.3, 0.4) is 0 Å². The molecule has 0 saturated heterocycles. The molecule has 0 aliphatic rings. The second-order valence-corrected chi connectivity index (χ2v) is 6.54. The van der Waals surface area contributed by atoms with Crippen LogP contribution in [0.2, 0.25) is 0 Å². The average molecular weight is 273 g/mol. The number of benzene rings is 1. The maximum absolute atomic E-state index is 11.4. The summed E-state index contributed by atoms with van der Waals surface area (Å²) >= 11 is 0. The number of carboxylic acid groups (broad SMARTS) is 1. The van der Waals surface area contributed by atoms with E-state index >= 15 is 0 Å². The molecule has 0 radical (unpaired) electrons. The maximum Gasteiger partial charge on any atom is 0.309 e. The molecule has 0 amide bonds. The molecular weight excluding hydrogens is 250 g/mol. The standard InChI is InChI=1S/C17H23NO2/c1-11(2)18-10-13(9-17(4,5)16(19)20)14-8-12(3)6-7-15(14)18/h6-8,10-11H,9H2,1-5H3,(H,19,20). The minimum absolute atomic E-state index is 0.363. The van der Waals surface area contributed by atoms with Crippen LogP contribution in [0.4, 0.5) is 0 Å². The molecule has 2 rings (SSSR count). The highest BCUT2D eigenvalue weighted by molar-refractivity contribution is 5.86. The minimum atomic E-state index is -0.754. The fraction of sp³-hybridized carbons (Fsp3) is 0.471. The molecule has 1 N–H and O–H groups in total. The van der Waals surface area contributed by atoms with Crippen LogP contribution in [0.1, 0.15) is 44.9 Å². The molecule has 0 unspecified atom stereocenters. The number of hydrogen-bond donors (Lipinski definition) is 1. The third kappa shape index (κ3) is 2.58. The van der Waals surface area contributed by atoms with Crippen molar-refractivity contribution in [3.63, 3.8) is 0 Å². The summed E-state index contributed by atoms with van der Waals surface area (Å²) in [6.07, 6.45) is 2.65. The van der Waals surface area contributed by atoms with E-state index in [0.29, 0.717) is 12.5 Å². The smallest absolute Gasteiger partial charge is 0.309 e. The monoisotopic (exact) mass is 273 g/mol. The van der Waals surface area contributed by atoms with Crippen LogP contribution in [0.15, 0.2) is 24.4 Å². The van der Waals surface area contributed by atoms with E-state index in [9.17, 15) is 9.90 Å². The van der Waals surface area contributed by atoms with Gasteiger partial charge < -0.3 is 9.67 Å². The van der Waals surface area contributed by atoms with Crippen LogP contribution in [0, 0.1) is 12.3 Å². The highest BCUT2D eigenvalue weighted by atomic mass is 16.4. The van der Waals surface area contributed by atoms with Crippen molar-refractivity contribution in [3.05, 3.63) is 35.5 Å². The first kappa shape index (κ1) is 14.6. The van der Waals surface area contributed by atoms with E-state index in [0.717, 1.165) is 5.56 Å². The van der Waals surface area contributed by atoms with Gasteiger partial charge in [0.25, 0.3) is 0 Å². The Hall–Kier alpha value is -1.77. The van der Waals surface area contributed by atoms with Crippen molar-refractivity contribution in [2.75, 3.05) is 0 Å². The third-order valence-corrected chi connectivity index (χ3v) is 3.84. The molecule has 3 nitrogen and oxygen atoms in total. The average Bonchev–Trinajstić information content (AvgIpc) is 2.67. The summed E-state index contributed by atoms with van der Waals surface area (Å²) in [5.41, 5.74) is 2.75. The largest absolute Gasteiger partial charge is 0.481 e. The molecule has 0 spiro atoms. The second-order valence-electron chi connectivity index (χ2n) is 6.54. The van der Waals surface area contributed by atoms with Crippen molar-refractivity contribution in [1.82, 2.24) is 4.57 Å². The van der Waals surface area contributed by atoms with Crippen LogP contribution in [-0.4, -0.2) is 15.6 Å². The number of nitrogens with zero attached hydrogens (tertiary/aromatic N) is 1. The quantitative estimate of drug-likeness (QED) is 0.907. The fourth-order valence-electron chi connectivity index (χ4n) is 2.56. The summed E-state index contributed by atoms with van der Waals surface area (Å²) in [5, 5.41) is 10.5. The van der Waals surface area contributed by atoms with Gasteiger partial charge in [-0.05, 0) is 58.7 Å². The summed E-state index contributed by atoms with van der Waals surface area (Å²) in [6.45, 7) is 9.92. The van der Waals surface area contributed by atoms with Gasteiger partial charge in [0.15, 0.2) is 0 Å². The van der Waals surface area contributed by atoms with Crippen molar-refractivity contribution in [2.24, 2.45) is 5.41 Å². The van der Waals surface area contributed by atoms with Crippen LogP contribution >= 0.6 is 0 Å². The first-order chi connectivity index (χ1) is 9.22. The van der Waals surface area contributed by atoms with Crippen LogP contribution in [0.5, 0.6) is 0 Å². The summed E-state index contributed by atoms with van der Waals surface area (Å²) in [4.78, 5) is 11.4. The number of hydrogen-bond acceptors (Lipinski definition) is 1. The molecule has 0 atom stereocenters. The van der Waals surface area contributed by atoms with E-state index in [1.165, 1.54) is 16.5 Å². The Kier molecular flexibility index (Phi) is 3.63.